The molecule has 4 nitrogen and oxygen atoms in total. The first-order chi connectivity index (χ1) is 12.6. The number of hydrogen-bond donors (Lipinski definition) is 2. The Kier molecular flexibility index (Phi) is 6.41. The molecule has 0 radical (unpaired) electrons. The number of hydrogen-bond acceptors (Lipinski definition) is 3. The van der Waals surface area contributed by atoms with Gasteiger partial charge in [0, 0.05) is 19.6 Å². The predicted molar refractivity (Wildman–Crippen MR) is 107 cm³/mol. The summed E-state index contributed by atoms with van der Waals surface area (Å²) in [5.74, 6) is 0.572. The number of para-hydroxylation sites is 1. The fourth-order valence-electron chi connectivity index (χ4n) is 2.89. The van der Waals surface area contributed by atoms with Crippen LogP contribution in [-0.4, -0.2) is 36.3 Å². The van der Waals surface area contributed by atoms with Gasteiger partial charge in [-0.05, 0) is 61.9 Å². The molecule has 138 valence electrons. The lowest BCUT2D eigenvalue weighted by Crippen LogP contribution is -2.35. The molecule has 1 aliphatic heterocycles. The molecule has 0 aliphatic carbocycles. The van der Waals surface area contributed by atoms with Crippen molar-refractivity contribution in [2.45, 2.75) is 25.5 Å². The van der Waals surface area contributed by atoms with Crippen LogP contribution in [0.5, 0.6) is 5.75 Å². The van der Waals surface area contributed by atoms with Gasteiger partial charge in [0.25, 0.3) is 0 Å². The molecule has 0 spiro atoms. The van der Waals surface area contributed by atoms with Crippen LogP contribution in [0.2, 0.25) is 0 Å². The Hall–Kier alpha value is -2.18. The van der Waals surface area contributed by atoms with E-state index in [0.29, 0.717) is 23.4 Å². The van der Waals surface area contributed by atoms with E-state index in [0.717, 1.165) is 37.2 Å². The van der Waals surface area contributed by atoms with Crippen LogP contribution in [-0.2, 0) is 6.54 Å². The van der Waals surface area contributed by atoms with Gasteiger partial charge in [0.15, 0.2) is 5.11 Å². The molecular weight excluding hydrogens is 349 g/mol. The Bertz CT molecular complexity index is 730. The molecule has 6 heteroatoms. The molecule has 0 atom stereocenters. The maximum Gasteiger partial charge on any atom is 0.171 e. The molecule has 1 saturated heterocycles. The van der Waals surface area contributed by atoms with Crippen LogP contribution in [0.4, 0.5) is 10.1 Å². The zero-order chi connectivity index (χ0) is 18.4. The lowest BCUT2D eigenvalue weighted by molar-refractivity contribution is 0.114. The zero-order valence-electron chi connectivity index (χ0n) is 14.9. The molecule has 0 saturated carbocycles. The Morgan fingerprint density at radius 3 is 2.54 bits per heavy atom. The van der Waals surface area contributed by atoms with Gasteiger partial charge in [-0.15, -0.1) is 0 Å². The molecule has 26 heavy (non-hydrogen) atoms. The molecule has 1 fully saturated rings. The van der Waals surface area contributed by atoms with Gasteiger partial charge in [-0.2, -0.15) is 0 Å². The third-order valence-electron chi connectivity index (χ3n) is 4.47. The first-order valence-corrected chi connectivity index (χ1v) is 9.24. The topological polar surface area (TPSA) is 36.5 Å². The second-order valence-electron chi connectivity index (χ2n) is 6.55. The first kappa shape index (κ1) is 18.6. The minimum atomic E-state index is -0.327. The van der Waals surface area contributed by atoms with Crippen molar-refractivity contribution in [1.82, 2.24) is 10.2 Å². The van der Waals surface area contributed by atoms with E-state index in [1.54, 1.807) is 18.2 Å². The van der Waals surface area contributed by atoms with Crippen LogP contribution < -0.4 is 15.4 Å². The van der Waals surface area contributed by atoms with Gasteiger partial charge in [-0.3, -0.25) is 0 Å². The Labute approximate surface area is 159 Å². The van der Waals surface area contributed by atoms with Gasteiger partial charge in [-0.25, -0.2) is 4.39 Å². The monoisotopic (exact) mass is 373 g/mol. The number of piperidine rings is 1. The van der Waals surface area contributed by atoms with Gasteiger partial charge >= 0.3 is 0 Å². The summed E-state index contributed by atoms with van der Waals surface area (Å²) < 4.78 is 19.7. The summed E-state index contributed by atoms with van der Waals surface area (Å²) >= 11 is 5.22. The molecule has 2 aromatic carbocycles. The number of halogens is 1. The van der Waals surface area contributed by atoms with Crippen LogP contribution in [0.15, 0.2) is 48.5 Å². The highest BCUT2D eigenvalue weighted by Gasteiger charge is 2.17. The molecule has 1 aliphatic rings. The third kappa shape index (κ3) is 5.41. The highest BCUT2D eigenvalue weighted by atomic mass is 32.1. The molecule has 0 amide bonds. The fraction of sp³-hybridized carbons (Fsp3) is 0.350. The standard InChI is InChI=1S/C20H24FN3OS/c1-24-12-10-17(11-13-24)25-16-8-6-15(7-9-16)14-22-20(26)23-19-5-3-2-4-18(19)21/h2-9,17H,10-14H2,1H3,(H2,22,23,26). The summed E-state index contributed by atoms with van der Waals surface area (Å²) in [4.78, 5) is 2.33. The van der Waals surface area contributed by atoms with E-state index in [1.807, 2.05) is 24.3 Å². The number of benzene rings is 2. The van der Waals surface area contributed by atoms with Gasteiger partial charge < -0.3 is 20.3 Å². The molecule has 3 rings (SSSR count). The molecule has 0 aromatic heterocycles. The third-order valence-corrected chi connectivity index (χ3v) is 4.71. The zero-order valence-corrected chi connectivity index (χ0v) is 15.7. The van der Waals surface area contributed by atoms with Crippen molar-refractivity contribution in [3.63, 3.8) is 0 Å². The van der Waals surface area contributed by atoms with Gasteiger partial charge in [0.05, 0.1) is 5.69 Å². The lowest BCUT2D eigenvalue weighted by Gasteiger charge is -2.29. The number of anilines is 1. The normalized spacial score (nSPS) is 15.5. The van der Waals surface area contributed by atoms with Crippen molar-refractivity contribution in [3.8, 4) is 5.75 Å². The van der Waals surface area contributed by atoms with Crippen LogP contribution in [0, 0.1) is 5.82 Å². The van der Waals surface area contributed by atoms with Crippen molar-refractivity contribution in [2.75, 3.05) is 25.5 Å². The quantitative estimate of drug-likeness (QED) is 0.780. The SMILES string of the molecule is CN1CCC(Oc2ccc(CNC(=S)Nc3ccccc3F)cc2)CC1. The average molecular weight is 373 g/mol. The van der Waals surface area contributed by atoms with Gasteiger partial charge in [-0.1, -0.05) is 24.3 Å². The molecule has 0 unspecified atom stereocenters. The number of nitrogens with zero attached hydrogens (tertiary/aromatic N) is 1. The summed E-state index contributed by atoms with van der Waals surface area (Å²) in [5, 5.41) is 6.34. The molecule has 2 N–H and O–H groups in total. The Balaban J connectivity index is 1.45. The van der Waals surface area contributed by atoms with Crippen molar-refractivity contribution in [1.29, 1.82) is 0 Å². The van der Waals surface area contributed by atoms with E-state index in [2.05, 4.69) is 22.6 Å². The van der Waals surface area contributed by atoms with Crippen molar-refractivity contribution >= 4 is 23.0 Å². The molecule has 0 bridgehead atoms. The predicted octanol–water partition coefficient (Wildman–Crippen LogP) is 3.79. The maximum absolute atomic E-state index is 13.6. The summed E-state index contributed by atoms with van der Waals surface area (Å²) in [7, 11) is 2.14. The van der Waals surface area contributed by atoms with Crippen molar-refractivity contribution in [3.05, 3.63) is 59.9 Å². The van der Waals surface area contributed by atoms with E-state index in [4.69, 9.17) is 17.0 Å². The average Bonchev–Trinajstić information content (AvgIpc) is 2.65. The van der Waals surface area contributed by atoms with Crippen LogP contribution >= 0.6 is 12.2 Å². The lowest BCUT2D eigenvalue weighted by atomic mass is 10.1. The number of nitrogens with one attached hydrogen (secondary N) is 2. The highest BCUT2D eigenvalue weighted by molar-refractivity contribution is 7.80. The Morgan fingerprint density at radius 2 is 1.85 bits per heavy atom. The second kappa shape index (κ2) is 8.96. The maximum atomic E-state index is 13.6. The number of thiocarbonyl (C=S) groups is 1. The van der Waals surface area contributed by atoms with Crippen LogP contribution in [0.25, 0.3) is 0 Å². The minimum absolute atomic E-state index is 0.299. The van der Waals surface area contributed by atoms with Crippen LogP contribution in [0.1, 0.15) is 18.4 Å². The largest absolute Gasteiger partial charge is 0.490 e. The summed E-state index contributed by atoms with van der Waals surface area (Å²) in [6.45, 7) is 2.73. The van der Waals surface area contributed by atoms with Gasteiger partial charge in [0.2, 0.25) is 0 Å². The fourth-order valence-corrected chi connectivity index (χ4v) is 3.07. The van der Waals surface area contributed by atoms with E-state index in [-0.39, 0.29) is 5.82 Å². The van der Waals surface area contributed by atoms with Crippen LogP contribution in [0.3, 0.4) is 0 Å². The molecule has 2 aromatic rings. The highest BCUT2D eigenvalue weighted by Crippen LogP contribution is 2.19. The van der Waals surface area contributed by atoms with E-state index in [1.165, 1.54) is 6.07 Å². The molecule has 1 heterocycles. The van der Waals surface area contributed by atoms with Crippen molar-refractivity contribution < 1.29 is 9.13 Å². The summed E-state index contributed by atoms with van der Waals surface area (Å²) in [6, 6.07) is 14.5. The van der Waals surface area contributed by atoms with E-state index >= 15 is 0 Å². The van der Waals surface area contributed by atoms with E-state index in [9.17, 15) is 4.39 Å². The number of rotatable bonds is 5. The van der Waals surface area contributed by atoms with Gasteiger partial charge in [0.1, 0.15) is 17.7 Å². The first-order valence-electron chi connectivity index (χ1n) is 8.83. The summed E-state index contributed by atoms with van der Waals surface area (Å²) in [6.07, 6.45) is 2.43. The molecular formula is C20H24FN3OS. The minimum Gasteiger partial charge on any atom is -0.490 e. The smallest absolute Gasteiger partial charge is 0.171 e. The Morgan fingerprint density at radius 1 is 1.15 bits per heavy atom. The van der Waals surface area contributed by atoms with E-state index < -0.39 is 0 Å². The second-order valence-corrected chi connectivity index (χ2v) is 6.96. The number of likely N-dealkylation sites (tertiary alicyclic amines) is 1. The van der Waals surface area contributed by atoms with Crippen molar-refractivity contribution in [2.24, 2.45) is 0 Å². The number of ether oxygens (including phenoxy) is 1. The summed E-state index contributed by atoms with van der Waals surface area (Å²) in [5.41, 5.74) is 1.45.